The van der Waals surface area contributed by atoms with Crippen LogP contribution in [-0.4, -0.2) is 34.8 Å². The van der Waals surface area contributed by atoms with Gasteiger partial charge in [0.1, 0.15) is 16.8 Å². The fraction of sp³-hybridized carbons (Fsp3) is 0.375. The first kappa shape index (κ1) is 15.3. The second-order valence-electron chi connectivity index (χ2n) is 5.10. The van der Waals surface area contributed by atoms with E-state index in [0.717, 1.165) is 10.9 Å². The van der Waals surface area contributed by atoms with Gasteiger partial charge in [-0.05, 0) is 25.6 Å². The second kappa shape index (κ2) is 6.54. The minimum atomic E-state index is -0.979. The molecule has 0 saturated heterocycles. The minimum absolute atomic E-state index is 0.311. The number of aliphatic carboxylic acids is 1. The van der Waals surface area contributed by atoms with Gasteiger partial charge in [-0.1, -0.05) is 25.1 Å². The third-order valence-corrected chi connectivity index (χ3v) is 3.49. The standard InChI is InChI=1S/C16H20N2O3/c1-3-18-16(2,15(19)20)9-11-21-13-8-4-6-12-7-5-10-17-14(12)13/h4-8,10,18H,3,9,11H2,1-2H3,(H,19,20). The van der Waals surface area contributed by atoms with E-state index in [9.17, 15) is 9.90 Å². The lowest BCUT2D eigenvalue weighted by atomic mass is 9.98. The number of para-hydroxylation sites is 1. The van der Waals surface area contributed by atoms with Gasteiger partial charge in [-0.15, -0.1) is 0 Å². The molecule has 1 unspecified atom stereocenters. The van der Waals surface area contributed by atoms with Gasteiger partial charge in [0.05, 0.1) is 6.61 Å². The van der Waals surface area contributed by atoms with Crippen LogP contribution < -0.4 is 10.1 Å². The Morgan fingerprint density at radius 1 is 1.38 bits per heavy atom. The SMILES string of the molecule is CCNC(C)(CCOc1cccc2cccnc12)C(=O)O. The van der Waals surface area contributed by atoms with E-state index in [1.165, 1.54) is 0 Å². The molecule has 0 bridgehead atoms. The first-order valence-electron chi connectivity index (χ1n) is 7.02. The zero-order valence-electron chi connectivity index (χ0n) is 12.3. The molecule has 2 aromatic rings. The summed E-state index contributed by atoms with van der Waals surface area (Å²) in [4.78, 5) is 15.6. The summed E-state index contributed by atoms with van der Waals surface area (Å²) in [6.45, 7) is 4.46. The maximum Gasteiger partial charge on any atom is 0.323 e. The van der Waals surface area contributed by atoms with Gasteiger partial charge in [0.25, 0.3) is 0 Å². The molecule has 0 spiro atoms. The second-order valence-corrected chi connectivity index (χ2v) is 5.10. The minimum Gasteiger partial charge on any atom is -0.491 e. The number of nitrogens with one attached hydrogen (secondary N) is 1. The molecule has 5 nitrogen and oxygen atoms in total. The lowest BCUT2D eigenvalue weighted by Crippen LogP contribution is -2.50. The summed E-state index contributed by atoms with van der Waals surface area (Å²) in [5, 5.41) is 13.3. The van der Waals surface area contributed by atoms with Gasteiger partial charge in [0.15, 0.2) is 0 Å². The Hall–Kier alpha value is -2.14. The first-order chi connectivity index (χ1) is 10.1. The lowest BCUT2D eigenvalue weighted by molar-refractivity contribution is -0.144. The third-order valence-electron chi connectivity index (χ3n) is 3.49. The fourth-order valence-corrected chi connectivity index (χ4v) is 2.22. The van der Waals surface area contributed by atoms with Crippen molar-refractivity contribution >= 4 is 16.9 Å². The van der Waals surface area contributed by atoms with Crippen molar-refractivity contribution in [1.29, 1.82) is 0 Å². The van der Waals surface area contributed by atoms with Crippen molar-refractivity contribution < 1.29 is 14.6 Å². The average Bonchev–Trinajstić information content (AvgIpc) is 2.47. The molecule has 2 rings (SSSR count). The van der Waals surface area contributed by atoms with E-state index in [2.05, 4.69) is 10.3 Å². The number of fused-ring (bicyclic) bond motifs is 1. The van der Waals surface area contributed by atoms with Crippen LogP contribution in [0.5, 0.6) is 5.75 Å². The molecule has 112 valence electrons. The predicted octanol–water partition coefficient (Wildman–Crippen LogP) is 2.46. The molecular formula is C16H20N2O3. The van der Waals surface area contributed by atoms with Gasteiger partial charge in [0.2, 0.25) is 0 Å². The zero-order valence-corrected chi connectivity index (χ0v) is 12.3. The number of carboxylic acids is 1. The summed E-state index contributed by atoms with van der Waals surface area (Å²) in [6, 6.07) is 9.56. The van der Waals surface area contributed by atoms with Crippen LogP contribution in [0.4, 0.5) is 0 Å². The lowest BCUT2D eigenvalue weighted by Gasteiger charge is -2.25. The molecule has 0 radical (unpaired) electrons. The normalized spacial score (nSPS) is 13.8. The Morgan fingerprint density at radius 2 is 2.14 bits per heavy atom. The average molecular weight is 288 g/mol. The zero-order chi connectivity index (χ0) is 15.3. The molecule has 0 saturated carbocycles. The number of carbonyl (C=O) groups is 1. The Bertz CT molecular complexity index is 624. The van der Waals surface area contributed by atoms with E-state index in [-0.39, 0.29) is 0 Å². The van der Waals surface area contributed by atoms with Crippen LogP contribution >= 0.6 is 0 Å². The molecule has 5 heteroatoms. The van der Waals surface area contributed by atoms with E-state index in [4.69, 9.17) is 4.74 Å². The summed E-state index contributed by atoms with van der Waals surface area (Å²) >= 11 is 0. The van der Waals surface area contributed by atoms with Crippen molar-refractivity contribution in [3.05, 3.63) is 36.5 Å². The molecule has 0 aliphatic rings. The maximum atomic E-state index is 11.3. The number of likely N-dealkylation sites (N-methyl/N-ethyl adjacent to an activating group) is 1. The van der Waals surface area contributed by atoms with Crippen LogP contribution in [0, 0.1) is 0 Å². The highest BCUT2D eigenvalue weighted by molar-refractivity contribution is 5.84. The van der Waals surface area contributed by atoms with E-state index < -0.39 is 11.5 Å². The van der Waals surface area contributed by atoms with Crippen molar-refractivity contribution in [2.75, 3.05) is 13.2 Å². The smallest absolute Gasteiger partial charge is 0.323 e. The molecule has 2 N–H and O–H groups in total. The van der Waals surface area contributed by atoms with E-state index in [1.54, 1.807) is 13.1 Å². The maximum absolute atomic E-state index is 11.3. The Labute approximate surface area is 124 Å². The summed E-state index contributed by atoms with van der Waals surface area (Å²) in [5.74, 6) is -0.193. The monoisotopic (exact) mass is 288 g/mol. The van der Waals surface area contributed by atoms with Gasteiger partial charge in [-0.3, -0.25) is 9.78 Å². The first-order valence-corrected chi connectivity index (χ1v) is 7.02. The summed E-state index contributed by atoms with van der Waals surface area (Å²) in [5.41, 5.74) is -0.187. The van der Waals surface area contributed by atoms with E-state index in [0.29, 0.717) is 25.3 Å². The van der Waals surface area contributed by atoms with Gasteiger partial charge in [-0.2, -0.15) is 0 Å². The molecule has 0 aliphatic heterocycles. The molecule has 1 heterocycles. The van der Waals surface area contributed by atoms with E-state index >= 15 is 0 Å². The third kappa shape index (κ3) is 3.49. The van der Waals surface area contributed by atoms with Crippen LogP contribution in [0.1, 0.15) is 20.3 Å². The van der Waals surface area contributed by atoms with Crippen molar-refractivity contribution in [3.8, 4) is 5.75 Å². The van der Waals surface area contributed by atoms with Crippen LogP contribution in [0.25, 0.3) is 10.9 Å². The van der Waals surface area contributed by atoms with Gasteiger partial charge in [0, 0.05) is 18.0 Å². The number of benzene rings is 1. The highest BCUT2D eigenvalue weighted by atomic mass is 16.5. The predicted molar refractivity (Wildman–Crippen MR) is 81.6 cm³/mol. The Morgan fingerprint density at radius 3 is 2.86 bits per heavy atom. The molecular weight excluding hydrogens is 268 g/mol. The van der Waals surface area contributed by atoms with Crippen LogP contribution in [-0.2, 0) is 4.79 Å². The van der Waals surface area contributed by atoms with Gasteiger partial charge < -0.3 is 15.2 Å². The molecule has 1 atom stereocenters. The number of hydrogen-bond donors (Lipinski definition) is 2. The summed E-state index contributed by atoms with van der Waals surface area (Å²) in [6.07, 6.45) is 2.09. The number of hydrogen-bond acceptors (Lipinski definition) is 4. The highest BCUT2D eigenvalue weighted by Gasteiger charge is 2.31. The fourth-order valence-electron chi connectivity index (χ4n) is 2.22. The molecule has 1 aromatic carbocycles. The van der Waals surface area contributed by atoms with Crippen LogP contribution in [0.2, 0.25) is 0 Å². The highest BCUT2D eigenvalue weighted by Crippen LogP contribution is 2.23. The molecule has 0 aliphatic carbocycles. The number of carboxylic acid groups (broad SMARTS) is 1. The van der Waals surface area contributed by atoms with E-state index in [1.807, 2.05) is 37.3 Å². The van der Waals surface area contributed by atoms with Crippen molar-refractivity contribution in [3.63, 3.8) is 0 Å². The molecule has 0 amide bonds. The Balaban J connectivity index is 2.07. The van der Waals surface area contributed by atoms with Gasteiger partial charge in [-0.25, -0.2) is 0 Å². The quantitative estimate of drug-likeness (QED) is 0.819. The topological polar surface area (TPSA) is 71.5 Å². The number of ether oxygens (including phenoxy) is 1. The number of nitrogens with zero attached hydrogens (tertiary/aromatic N) is 1. The van der Waals surface area contributed by atoms with Gasteiger partial charge >= 0.3 is 5.97 Å². The summed E-state index contributed by atoms with van der Waals surface area (Å²) < 4.78 is 5.75. The van der Waals surface area contributed by atoms with Crippen LogP contribution in [0.3, 0.4) is 0 Å². The Kier molecular flexibility index (Phi) is 4.75. The molecule has 1 aromatic heterocycles. The largest absolute Gasteiger partial charge is 0.491 e. The number of rotatable bonds is 7. The molecule has 21 heavy (non-hydrogen) atoms. The summed E-state index contributed by atoms with van der Waals surface area (Å²) in [7, 11) is 0. The van der Waals surface area contributed by atoms with Crippen LogP contribution in [0.15, 0.2) is 36.5 Å². The van der Waals surface area contributed by atoms with Crippen molar-refractivity contribution in [1.82, 2.24) is 10.3 Å². The number of pyridine rings is 1. The van der Waals surface area contributed by atoms with Crippen molar-refractivity contribution in [2.45, 2.75) is 25.8 Å². The number of aromatic nitrogens is 1. The van der Waals surface area contributed by atoms with Crippen molar-refractivity contribution in [2.24, 2.45) is 0 Å². The molecule has 0 fully saturated rings.